The molecule has 0 unspecified atom stereocenters. The van der Waals surface area contributed by atoms with Crippen molar-refractivity contribution in [1.82, 2.24) is 15.6 Å². The lowest BCUT2D eigenvalue weighted by Gasteiger charge is -2.29. The number of benzene rings is 3. The summed E-state index contributed by atoms with van der Waals surface area (Å²) in [6.45, 7) is -0.493. The van der Waals surface area contributed by atoms with Crippen LogP contribution in [0.2, 0.25) is 5.02 Å². The fraction of sp³-hybridized carbons (Fsp3) is 0.0417. The second-order valence-electron chi connectivity index (χ2n) is 7.66. The Morgan fingerprint density at radius 1 is 1.11 bits per heavy atom. The lowest BCUT2D eigenvalue weighted by Crippen LogP contribution is -2.41. The quantitative estimate of drug-likeness (QED) is 0.265. The number of amides is 1. The molecule has 0 saturated heterocycles. The first kappa shape index (κ1) is 23.3. The monoisotopic (exact) mass is 569 g/mol. The molecule has 1 aliphatic heterocycles. The molecule has 3 aromatic carbocycles. The van der Waals surface area contributed by atoms with Gasteiger partial charge in [-0.15, -0.1) is 0 Å². The van der Waals surface area contributed by atoms with Crippen LogP contribution in [0.25, 0.3) is 22.5 Å². The Hall–Kier alpha value is -3.47. The largest absolute Gasteiger partial charge is 0.275 e. The number of fused-ring (bicyclic) bond motifs is 3. The molecule has 0 radical (unpaired) electrons. The van der Waals surface area contributed by atoms with E-state index in [0.29, 0.717) is 27.5 Å². The molecule has 0 atom stereocenters. The molecule has 35 heavy (non-hydrogen) atoms. The number of hydrogen-bond acceptors (Lipinski definition) is 5. The molecule has 1 amide bonds. The first-order chi connectivity index (χ1) is 16.8. The minimum Gasteiger partial charge on any atom is -0.275 e. The second-order valence-corrected chi connectivity index (χ2v) is 10.8. The van der Waals surface area contributed by atoms with Crippen LogP contribution in [0, 0.1) is 0 Å². The molecule has 176 valence electrons. The number of nitrogens with zero attached hydrogens (tertiary/aromatic N) is 3. The van der Waals surface area contributed by atoms with E-state index in [-0.39, 0.29) is 10.6 Å². The number of carbonyl (C=O) groups excluding carboxylic acids is 1. The molecule has 4 aromatic rings. The van der Waals surface area contributed by atoms with Crippen molar-refractivity contribution in [2.45, 2.75) is 4.90 Å². The van der Waals surface area contributed by atoms with Gasteiger partial charge < -0.3 is 0 Å². The molecule has 0 fully saturated rings. The number of aromatic nitrogens is 2. The minimum absolute atomic E-state index is 0.0826. The van der Waals surface area contributed by atoms with Crippen molar-refractivity contribution in [1.29, 1.82) is 0 Å². The van der Waals surface area contributed by atoms with Crippen LogP contribution in [0.3, 0.4) is 0 Å². The van der Waals surface area contributed by atoms with E-state index in [2.05, 4.69) is 36.7 Å². The summed E-state index contributed by atoms with van der Waals surface area (Å²) in [6, 6.07) is 20.9. The zero-order valence-electron chi connectivity index (χ0n) is 17.9. The molecule has 2 heterocycles. The van der Waals surface area contributed by atoms with E-state index in [0.717, 1.165) is 14.3 Å². The van der Waals surface area contributed by atoms with E-state index in [1.54, 1.807) is 42.5 Å². The minimum atomic E-state index is -4.06. The Bertz CT molecular complexity index is 1590. The summed E-state index contributed by atoms with van der Waals surface area (Å²) in [5.41, 5.74) is 5.40. The molecule has 5 rings (SSSR count). The number of sulfonamides is 1. The number of H-pyrrole nitrogens is 1. The normalized spacial score (nSPS) is 13.9. The van der Waals surface area contributed by atoms with Gasteiger partial charge in [0.1, 0.15) is 17.9 Å². The van der Waals surface area contributed by atoms with Gasteiger partial charge in [-0.1, -0.05) is 70.0 Å². The van der Waals surface area contributed by atoms with Gasteiger partial charge in [-0.2, -0.15) is 10.2 Å². The number of halogens is 2. The summed E-state index contributed by atoms with van der Waals surface area (Å²) in [7, 11) is -4.06. The third kappa shape index (κ3) is 4.47. The van der Waals surface area contributed by atoms with Crippen molar-refractivity contribution in [3.05, 3.63) is 87.9 Å². The molecule has 8 nitrogen and oxygen atoms in total. The molecule has 0 spiro atoms. The molecule has 0 aliphatic carbocycles. The summed E-state index contributed by atoms with van der Waals surface area (Å²) in [4.78, 5) is 12.9. The van der Waals surface area contributed by atoms with Crippen molar-refractivity contribution in [3.63, 3.8) is 0 Å². The fourth-order valence-electron chi connectivity index (χ4n) is 3.84. The number of rotatable bonds is 5. The number of anilines is 1. The maximum atomic E-state index is 13.6. The van der Waals surface area contributed by atoms with E-state index in [1.807, 2.05) is 24.3 Å². The van der Waals surface area contributed by atoms with Crippen LogP contribution < -0.4 is 9.73 Å². The molecule has 1 aliphatic rings. The number of aromatic amines is 1. The summed E-state index contributed by atoms with van der Waals surface area (Å²) in [6.07, 6.45) is 1.48. The number of carbonyl (C=O) groups is 1. The highest BCUT2D eigenvalue weighted by molar-refractivity contribution is 9.10. The summed E-state index contributed by atoms with van der Waals surface area (Å²) in [5.74, 6) is -0.608. The van der Waals surface area contributed by atoms with Gasteiger partial charge in [0.2, 0.25) is 0 Å². The van der Waals surface area contributed by atoms with Gasteiger partial charge in [-0.3, -0.25) is 14.2 Å². The highest BCUT2D eigenvalue weighted by Gasteiger charge is 2.39. The average Bonchev–Trinajstić information content (AvgIpc) is 3.27. The SMILES string of the molecule is O=C(CN1c2c(-c3cccc(Cl)c3)n[nH]c2-c2ccccc2S1(=O)=O)N/N=C/c1cccc(Br)c1. The standard InChI is InChI=1S/C24H17BrClN5O3S/c25-17-7-3-5-15(11-17)13-27-28-21(32)14-31-24-22(16-6-4-8-18(26)12-16)29-30-23(24)19-9-1-2-10-20(19)35(31,33)34/h1-13H,14H2,(H,28,32)(H,29,30)/b27-13+. The van der Waals surface area contributed by atoms with Gasteiger partial charge >= 0.3 is 0 Å². The van der Waals surface area contributed by atoms with Crippen molar-refractivity contribution in [3.8, 4) is 22.5 Å². The molecule has 2 N–H and O–H groups in total. The number of nitrogens with one attached hydrogen (secondary N) is 2. The van der Waals surface area contributed by atoms with E-state index in [4.69, 9.17) is 11.6 Å². The van der Waals surface area contributed by atoms with E-state index < -0.39 is 22.5 Å². The lowest BCUT2D eigenvalue weighted by atomic mass is 10.1. The molecule has 1 aromatic heterocycles. The molecular weight excluding hydrogens is 554 g/mol. The van der Waals surface area contributed by atoms with Crippen molar-refractivity contribution in [2.75, 3.05) is 10.8 Å². The first-order valence-electron chi connectivity index (χ1n) is 10.4. The zero-order valence-corrected chi connectivity index (χ0v) is 21.1. The van der Waals surface area contributed by atoms with Gasteiger partial charge in [0.05, 0.1) is 16.8 Å². The Morgan fingerprint density at radius 2 is 1.91 bits per heavy atom. The molecular formula is C24H17BrClN5O3S. The maximum Gasteiger partial charge on any atom is 0.265 e. The predicted octanol–water partition coefficient (Wildman–Crippen LogP) is 4.82. The number of hydrogen-bond donors (Lipinski definition) is 2. The van der Waals surface area contributed by atoms with Crippen molar-refractivity contribution < 1.29 is 13.2 Å². The number of hydrazone groups is 1. The average molecular weight is 571 g/mol. The maximum absolute atomic E-state index is 13.6. The molecule has 0 bridgehead atoms. The lowest BCUT2D eigenvalue weighted by molar-refractivity contribution is -0.119. The van der Waals surface area contributed by atoms with Gasteiger partial charge in [-0.25, -0.2) is 13.8 Å². The van der Waals surface area contributed by atoms with Crippen LogP contribution in [0.5, 0.6) is 0 Å². The zero-order chi connectivity index (χ0) is 24.6. The smallest absolute Gasteiger partial charge is 0.265 e. The van der Waals surface area contributed by atoms with Crippen molar-refractivity contribution >= 4 is 55.4 Å². The van der Waals surface area contributed by atoms with Gasteiger partial charge in [-0.05, 0) is 35.9 Å². The highest BCUT2D eigenvalue weighted by Crippen LogP contribution is 2.46. The summed E-state index contributed by atoms with van der Waals surface area (Å²) < 4.78 is 29.2. The van der Waals surface area contributed by atoms with Crippen molar-refractivity contribution in [2.24, 2.45) is 5.10 Å². The topological polar surface area (TPSA) is 108 Å². The van der Waals surface area contributed by atoms with E-state index in [9.17, 15) is 13.2 Å². The Morgan fingerprint density at radius 3 is 2.71 bits per heavy atom. The first-order valence-corrected chi connectivity index (χ1v) is 13.0. The fourth-order valence-corrected chi connectivity index (χ4v) is 6.08. The van der Waals surface area contributed by atoms with E-state index >= 15 is 0 Å². The van der Waals surface area contributed by atoms with Crippen LogP contribution in [0.4, 0.5) is 5.69 Å². The van der Waals surface area contributed by atoms with Gasteiger partial charge in [0, 0.05) is 20.6 Å². The Kier molecular flexibility index (Phi) is 6.18. The van der Waals surface area contributed by atoms with Crippen LogP contribution in [-0.4, -0.2) is 37.3 Å². The third-order valence-corrected chi connectivity index (χ3v) is 7.88. The van der Waals surface area contributed by atoms with Crippen LogP contribution >= 0.6 is 27.5 Å². The van der Waals surface area contributed by atoms with Crippen LogP contribution in [-0.2, 0) is 14.8 Å². The van der Waals surface area contributed by atoms with Crippen LogP contribution in [0.1, 0.15) is 5.56 Å². The predicted molar refractivity (Wildman–Crippen MR) is 139 cm³/mol. The van der Waals surface area contributed by atoms with Crippen LogP contribution in [0.15, 0.2) is 87.3 Å². The third-order valence-electron chi connectivity index (χ3n) is 5.35. The second kappa shape index (κ2) is 9.29. The van der Waals surface area contributed by atoms with Gasteiger partial charge in [0.15, 0.2) is 0 Å². The van der Waals surface area contributed by atoms with E-state index in [1.165, 1.54) is 12.3 Å². The Labute approximate surface area is 214 Å². The highest BCUT2D eigenvalue weighted by atomic mass is 79.9. The molecule has 0 saturated carbocycles. The summed E-state index contributed by atoms with van der Waals surface area (Å²) >= 11 is 9.54. The Balaban J connectivity index is 1.52. The summed E-state index contributed by atoms with van der Waals surface area (Å²) in [5, 5.41) is 11.8. The van der Waals surface area contributed by atoms with Gasteiger partial charge in [0.25, 0.3) is 15.9 Å². The molecule has 11 heteroatoms.